The lowest BCUT2D eigenvalue weighted by Crippen LogP contribution is -2.26. The second-order valence-electron chi connectivity index (χ2n) is 1.07. The van der Waals surface area contributed by atoms with E-state index in [1.807, 2.05) is 0 Å². The van der Waals surface area contributed by atoms with E-state index in [0.29, 0.717) is 0 Å². The fourth-order valence-corrected chi connectivity index (χ4v) is 0.171. The zero-order chi connectivity index (χ0) is 7.44. The van der Waals surface area contributed by atoms with Crippen LogP contribution in [-0.4, -0.2) is 16.0 Å². The van der Waals surface area contributed by atoms with Crippen LogP contribution in [0.15, 0.2) is 0 Å². The van der Waals surface area contributed by atoms with Crippen LogP contribution in [0, 0.1) is 31.6 Å². The molecule has 0 heterocycles. The Balaban J connectivity index is 0. The molecule has 0 unspecified atom stereocenters. The highest BCUT2D eigenvalue weighted by molar-refractivity contribution is 4.72. The van der Waals surface area contributed by atoms with Gasteiger partial charge in [-0.05, 0) is 0 Å². The molecule has 0 aromatic heterocycles. The van der Waals surface area contributed by atoms with Gasteiger partial charge < -0.3 is 6.15 Å². The summed E-state index contributed by atoms with van der Waals surface area (Å²) in [5.41, 5.74) is 0. The minimum absolute atomic E-state index is 0. The molecule has 0 aliphatic carbocycles. The molecular formula is C2H4N4O4. The monoisotopic (exact) mass is 148 g/mol. The van der Waals surface area contributed by atoms with Gasteiger partial charge >= 0.3 is 6.17 Å². The summed E-state index contributed by atoms with van der Waals surface area (Å²) in [4.78, 5) is 16.5. The van der Waals surface area contributed by atoms with E-state index < -0.39 is 16.0 Å². The van der Waals surface area contributed by atoms with Crippen molar-refractivity contribution in [3.8, 4) is 6.07 Å². The summed E-state index contributed by atoms with van der Waals surface area (Å²) >= 11 is 0. The summed E-state index contributed by atoms with van der Waals surface area (Å²) in [6, 6.07) is 0.903. The molecule has 0 rings (SSSR count). The van der Waals surface area contributed by atoms with Crippen molar-refractivity contribution >= 4 is 0 Å². The molecule has 8 heteroatoms. The molecule has 10 heavy (non-hydrogen) atoms. The Bertz CT molecular complexity index is 168. The van der Waals surface area contributed by atoms with Gasteiger partial charge in [0.15, 0.2) is 0 Å². The largest absolute Gasteiger partial charge is 0.535 e. The van der Waals surface area contributed by atoms with Crippen LogP contribution in [0.3, 0.4) is 0 Å². The van der Waals surface area contributed by atoms with Crippen LogP contribution in [-0.2, 0) is 0 Å². The summed E-state index contributed by atoms with van der Waals surface area (Å²) in [5.74, 6) is 0. The number of hydrogen-bond acceptors (Lipinski definition) is 6. The van der Waals surface area contributed by atoms with Crippen molar-refractivity contribution < 1.29 is 9.85 Å². The van der Waals surface area contributed by atoms with E-state index in [4.69, 9.17) is 5.26 Å². The van der Waals surface area contributed by atoms with Crippen LogP contribution >= 0.6 is 0 Å². The summed E-state index contributed by atoms with van der Waals surface area (Å²) in [6.45, 7) is 0. The molecule has 0 amide bonds. The Morgan fingerprint density at radius 2 is 1.60 bits per heavy atom. The van der Waals surface area contributed by atoms with Crippen molar-refractivity contribution in [1.29, 1.82) is 5.26 Å². The Labute approximate surface area is 54.9 Å². The van der Waals surface area contributed by atoms with Gasteiger partial charge in [-0.3, -0.25) is 20.2 Å². The van der Waals surface area contributed by atoms with Crippen molar-refractivity contribution in [3.63, 3.8) is 0 Å². The normalized spacial score (nSPS) is 7.60. The van der Waals surface area contributed by atoms with Gasteiger partial charge in [0.25, 0.3) is 0 Å². The van der Waals surface area contributed by atoms with Gasteiger partial charge in [-0.2, -0.15) is 5.26 Å². The maximum Gasteiger partial charge on any atom is 0.535 e. The molecule has 0 fully saturated rings. The van der Waals surface area contributed by atoms with Gasteiger partial charge in [-0.15, -0.1) is 0 Å². The van der Waals surface area contributed by atoms with E-state index in [2.05, 4.69) is 0 Å². The molecule has 0 atom stereocenters. The fraction of sp³-hybridized carbons (Fsp3) is 0.500. The summed E-state index contributed by atoms with van der Waals surface area (Å²) in [7, 11) is 0. The smallest absolute Gasteiger partial charge is 0.344 e. The maximum absolute atomic E-state index is 9.51. The summed E-state index contributed by atoms with van der Waals surface area (Å²) in [5, 5.41) is 26.8. The van der Waals surface area contributed by atoms with Gasteiger partial charge in [0, 0.05) is 0 Å². The van der Waals surface area contributed by atoms with Crippen LogP contribution in [0.5, 0.6) is 0 Å². The molecule has 0 radical (unpaired) electrons. The molecule has 0 saturated carbocycles. The topological polar surface area (TPSA) is 145 Å². The molecule has 0 aliphatic rings. The molecule has 0 saturated heterocycles. The molecular weight excluding hydrogens is 144 g/mol. The highest BCUT2D eigenvalue weighted by Gasteiger charge is 2.30. The van der Waals surface area contributed by atoms with Crippen LogP contribution in [0.2, 0.25) is 0 Å². The first-order valence-electron chi connectivity index (χ1n) is 1.76. The predicted molar refractivity (Wildman–Crippen MR) is 28.4 cm³/mol. The molecule has 0 spiro atoms. The Hall–Kier alpha value is -1.75. The average molecular weight is 148 g/mol. The minimum Gasteiger partial charge on any atom is -0.344 e. The lowest BCUT2D eigenvalue weighted by Gasteiger charge is -1.87. The van der Waals surface area contributed by atoms with Crippen LogP contribution < -0.4 is 6.15 Å². The van der Waals surface area contributed by atoms with Crippen LogP contribution in [0.4, 0.5) is 0 Å². The third-order valence-corrected chi connectivity index (χ3v) is 0.515. The Kier molecular flexibility index (Phi) is 4.62. The van der Waals surface area contributed by atoms with Crippen molar-refractivity contribution in [3.05, 3.63) is 20.2 Å². The van der Waals surface area contributed by atoms with E-state index in [1.165, 1.54) is 0 Å². The van der Waals surface area contributed by atoms with Gasteiger partial charge in [0.05, 0.1) is 0 Å². The highest BCUT2D eigenvalue weighted by atomic mass is 16.7. The molecule has 0 bridgehead atoms. The predicted octanol–water partition coefficient (Wildman–Crippen LogP) is -0.449. The first-order valence-corrected chi connectivity index (χ1v) is 1.76. The zero-order valence-electron chi connectivity index (χ0n) is 4.76. The van der Waals surface area contributed by atoms with Crippen molar-refractivity contribution in [1.82, 2.24) is 6.15 Å². The van der Waals surface area contributed by atoms with Gasteiger partial charge in [0.2, 0.25) is 6.07 Å². The highest BCUT2D eigenvalue weighted by Crippen LogP contribution is 1.86. The number of hydrogen-bond donors (Lipinski definition) is 1. The fourth-order valence-electron chi connectivity index (χ4n) is 0.171. The van der Waals surface area contributed by atoms with Crippen molar-refractivity contribution in [2.45, 2.75) is 6.17 Å². The standard InChI is InChI=1S/C2HN3O4.H3N/c3-1-2(4(6)7)5(8)9;/h2H;1H3. The Morgan fingerprint density at radius 3 is 1.60 bits per heavy atom. The van der Waals surface area contributed by atoms with Crippen molar-refractivity contribution in [2.75, 3.05) is 0 Å². The third-order valence-electron chi connectivity index (χ3n) is 0.515. The maximum atomic E-state index is 9.51. The number of nitrogens with zero attached hydrogens (tertiary/aromatic N) is 3. The molecule has 0 aromatic carbocycles. The summed E-state index contributed by atoms with van der Waals surface area (Å²) < 4.78 is 0. The van der Waals surface area contributed by atoms with Crippen molar-refractivity contribution in [2.24, 2.45) is 0 Å². The first-order chi connectivity index (χ1) is 4.09. The first kappa shape index (κ1) is 11.1. The number of nitro groups is 2. The quantitative estimate of drug-likeness (QED) is 0.318. The lowest BCUT2D eigenvalue weighted by atomic mass is 10.6. The third kappa shape index (κ3) is 2.53. The van der Waals surface area contributed by atoms with E-state index >= 15 is 0 Å². The number of nitriles is 1. The molecule has 8 nitrogen and oxygen atoms in total. The second kappa shape index (κ2) is 4.16. The van der Waals surface area contributed by atoms with Gasteiger partial charge in [0.1, 0.15) is 9.85 Å². The Morgan fingerprint density at radius 1 is 1.30 bits per heavy atom. The van der Waals surface area contributed by atoms with Crippen LogP contribution in [0.25, 0.3) is 0 Å². The average Bonchev–Trinajstić information content (AvgIpc) is 1.64. The minimum atomic E-state index is -2.33. The zero-order valence-corrected chi connectivity index (χ0v) is 4.76. The van der Waals surface area contributed by atoms with E-state index in [0.717, 1.165) is 6.07 Å². The van der Waals surface area contributed by atoms with Gasteiger partial charge in [-0.1, -0.05) is 0 Å². The van der Waals surface area contributed by atoms with E-state index in [1.54, 1.807) is 0 Å². The lowest BCUT2D eigenvalue weighted by molar-refractivity contribution is -0.724. The van der Waals surface area contributed by atoms with Gasteiger partial charge in [-0.25, -0.2) is 0 Å². The second-order valence-corrected chi connectivity index (χ2v) is 1.07. The summed E-state index contributed by atoms with van der Waals surface area (Å²) in [6.07, 6.45) is -2.33. The van der Waals surface area contributed by atoms with Crippen LogP contribution in [0.1, 0.15) is 0 Å². The van der Waals surface area contributed by atoms with E-state index in [-0.39, 0.29) is 6.15 Å². The molecule has 56 valence electrons. The number of rotatable bonds is 2. The SMILES string of the molecule is N.N#CC([N+](=O)[O-])[N+](=O)[O-]. The molecule has 0 aromatic rings. The van der Waals surface area contributed by atoms with E-state index in [9.17, 15) is 20.2 Å². The molecule has 3 N–H and O–H groups in total. The molecule has 0 aliphatic heterocycles.